The molecule has 0 saturated heterocycles. The second-order valence-electron chi connectivity index (χ2n) is 1.39. The molecule has 0 saturated carbocycles. The molecule has 3 heteroatoms. The van der Waals surface area contributed by atoms with E-state index in [2.05, 4.69) is 45.3 Å². The lowest BCUT2D eigenvalue weighted by molar-refractivity contribution is 1.08. The van der Waals surface area contributed by atoms with Crippen molar-refractivity contribution in [1.29, 1.82) is 0 Å². The SMILES string of the molecule is C=CC=C=N/C=C(/I)NC. The van der Waals surface area contributed by atoms with Crippen LogP contribution in [0.5, 0.6) is 0 Å². The quantitative estimate of drug-likeness (QED) is 0.350. The predicted octanol–water partition coefficient (Wildman–Crippen LogP) is 1.85. The second kappa shape index (κ2) is 6.58. The van der Waals surface area contributed by atoms with Crippen LogP contribution >= 0.6 is 22.6 Å². The van der Waals surface area contributed by atoms with Crippen LogP contribution in [-0.2, 0) is 0 Å². The minimum atomic E-state index is 0.975. The van der Waals surface area contributed by atoms with Crippen molar-refractivity contribution in [3.05, 3.63) is 28.6 Å². The van der Waals surface area contributed by atoms with Crippen LogP contribution in [0.25, 0.3) is 0 Å². The van der Waals surface area contributed by atoms with Gasteiger partial charge in [0.15, 0.2) is 0 Å². The molecule has 0 spiro atoms. The summed E-state index contributed by atoms with van der Waals surface area (Å²) in [5.41, 5.74) is 0. The summed E-state index contributed by atoms with van der Waals surface area (Å²) in [5, 5.41) is 2.92. The van der Waals surface area contributed by atoms with E-state index in [0.29, 0.717) is 0 Å². The van der Waals surface area contributed by atoms with Crippen LogP contribution in [0.1, 0.15) is 0 Å². The lowest BCUT2D eigenvalue weighted by Gasteiger charge is -1.89. The summed E-state index contributed by atoms with van der Waals surface area (Å²) in [6.45, 7) is 3.48. The molecule has 1 N–H and O–H groups in total. The third kappa shape index (κ3) is 5.59. The standard InChI is InChI=1S/C7H9IN2/c1-3-4-5-10-6-7(8)9-2/h3-4,6,9H,1H2,2H3/b7-6-. The Morgan fingerprint density at radius 1 is 1.80 bits per heavy atom. The van der Waals surface area contributed by atoms with Crippen molar-refractivity contribution in [1.82, 2.24) is 5.32 Å². The smallest absolute Gasteiger partial charge is 0.0922 e. The third-order valence-corrected chi connectivity index (χ3v) is 1.50. The first-order valence-corrected chi connectivity index (χ1v) is 3.82. The first kappa shape index (κ1) is 9.46. The molecule has 0 rings (SSSR count). The number of nitrogens with one attached hydrogen (secondary N) is 1. The van der Waals surface area contributed by atoms with E-state index in [1.54, 1.807) is 18.4 Å². The number of aliphatic imine (C=N–C) groups is 1. The first-order valence-electron chi connectivity index (χ1n) is 2.74. The molecule has 0 radical (unpaired) electrons. The molecule has 0 unspecified atom stereocenters. The van der Waals surface area contributed by atoms with E-state index in [1.165, 1.54) is 0 Å². The third-order valence-electron chi connectivity index (χ3n) is 0.684. The number of halogens is 1. The van der Waals surface area contributed by atoms with E-state index >= 15 is 0 Å². The average molecular weight is 248 g/mol. The summed E-state index contributed by atoms with van der Waals surface area (Å²) in [5.74, 6) is 2.66. The van der Waals surface area contributed by atoms with Crippen LogP contribution in [0, 0.1) is 0 Å². The molecule has 0 aromatic carbocycles. The maximum atomic E-state index is 3.82. The van der Waals surface area contributed by atoms with E-state index in [4.69, 9.17) is 0 Å². The largest absolute Gasteiger partial charge is 0.382 e. The van der Waals surface area contributed by atoms with Gasteiger partial charge in [0.25, 0.3) is 0 Å². The van der Waals surface area contributed by atoms with Crippen molar-refractivity contribution in [2.24, 2.45) is 4.99 Å². The van der Waals surface area contributed by atoms with Gasteiger partial charge in [-0.2, -0.15) is 0 Å². The molecule has 0 aromatic rings. The Hall–Kier alpha value is -0.540. The summed E-state index contributed by atoms with van der Waals surface area (Å²) in [6, 6.07) is 0. The topological polar surface area (TPSA) is 24.4 Å². The summed E-state index contributed by atoms with van der Waals surface area (Å²) < 4.78 is 0.975. The fourth-order valence-electron chi connectivity index (χ4n) is 0.254. The van der Waals surface area contributed by atoms with Gasteiger partial charge in [-0.15, -0.1) is 0 Å². The van der Waals surface area contributed by atoms with E-state index < -0.39 is 0 Å². The average Bonchev–Trinajstić information content (AvgIpc) is 1.98. The summed E-state index contributed by atoms with van der Waals surface area (Å²) >= 11 is 2.13. The molecule has 54 valence electrons. The molecular weight excluding hydrogens is 239 g/mol. The molecule has 0 bridgehead atoms. The molecule has 0 atom stereocenters. The van der Waals surface area contributed by atoms with Crippen LogP contribution in [-0.4, -0.2) is 12.9 Å². The Bertz CT molecular complexity index is 188. The fraction of sp³-hybridized carbons (Fsp3) is 0.143. The van der Waals surface area contributed by atoms with Crippen LogP contribution in [0.3, 0.4) is 0 Å². The minimum Gasteiger partial charge on any atom is -0.382 e. The molecule has 0 aromatic heterocycles. The van der Waals surface area contributed by atoms with Crippen molar-refractivity contribution < 1.29 is 0 Å². The lowest BCUT2D eigenvalue weighted by Crippen LogP contribution is -1.97. The van der Waals surface area contributed by atoms with Gasteiger partial charge in [0.2, 0.25) is 0 Å². The number of nitrogens with zero attached hydrogens (tertiary/aromatic N) is 1. The summed E-state index contributed by atoms with van der Waals surface area (Å²) in [6.07, 6.45) is 4.96. The van der Waals surface area contributed by atoms with E-state index in [0.717, 1.165) is 3.70 Å². The van der Waals surface area contributed by atoms with Crippen LogP contribution in [0.2, 0.25) is 0 Å². The summed E-state index contributed by atoms with van der Waals surface area (Å²) in [4.78, 5) is 3.82. The first-order chi connectivity index (χ1) is 4.81. The van der Waals surface area contributed by atoms with E-state index in [1.807, 2.05) is 7.05 Å². The Balaban J connectivity index is 3.92. The molecule has 0 aliphatic carbocycles. The zero-order valence-corrected chi connectivity index (χ0v) is 7.92. The van der Waals surface area contributed by atoms with Gasteiger partial charge in [-0.05, 0) is 34.5 Å². The minimum absolute atomic E-state index is 0.975. The fourth-order valence-corrected chi connectivity index (χ4v) is 0.393. The zero-order chi connectivity index (χ0) is 7.82. The number of allylic oxidation sites excluding steroid dienone is 2. The highest BCUT2D eigenvalue weighted by Crippen LogP contribution is 1.97. The van der Waals surface area contributed by atoms with Gasteiger partial charge in [-0.3, -0.25) is 0 Å². The van der Waals surface area contributed by atoms with Gasteiger partial charge in [0, 0.05) is 7.05 Å². The van der Waals surface area contributed by atoms with Gasteiger partial charge >= 0.3 is 0 Å². The van der Waals surface area contributed by atoms with Gasteiger partial charge in [0.05, 0.1) is 9.90 Å². The molecule has 10 heavy (non-hydrogen) atoms. The normalized spacial score (nSPS) is 9.60. The molecule has 0 aliphatic heterocycles. The van der Waals surface area contributed by atoms with Crippen LogP contribution < -0.4 is 5.32 Å². The van der Waals surface area contributed by atoms with E-state index in [9.17, 15) is 0 Å². The molecule has 2 nitrogen and oxygen atoms in total. The lowest BCUT2D eigenvalue weighted by atomic mass is 10.6. The molecule has 0 amide bonds. The van der Waals surface area contributed by atoms with E-state index in [-0.39, 0.29) is 0 Å². The van der Waals surface area contributed by atoms with Crippen LogP contribution in [0.4, 0.5) is 0 Å². The second-order valence-corrected chi connectivity index (χ2v) is 2.55. The Kier molecular flexibility index (Phi) is 6.22. The summed E-state index contributed by atoms with van der Waals surface area (Å²) in [7, 11) is 1.84. The Morgan fingerprint density at radius 3 is 3.00 bits per heavy atom. The highest BCUT2D eigenvalue weighted by Gasteiger charge is 1.76. The Labute approximate surface area is 74.6 Å². The molecule has 0 aliphatic rings. The number of hydrogen-bond acceptors (Lipinski definition) is 2. The van der Waals surface area contributed by atoms with Crippen molar-refractivity contribution in [3.8, 4) is 0 Å². The molecule has 0 heterocycles. The molecular formula is C7H9IN2. The van der Waals surface area contributed by atoms with Crippen LogP contribution in [0.15, 0.2) is 33.6 Å². The molecule has 0 fully saturated rings. The Morgan fingerprint density at radius 2 is 2.50 bits per heavy atom. The van der Waals surface area contributed by atoms with Crippen molar-refractivity contribution in [2.45, 2.75) is 0 Å². The van der Waals surface area contributed by atoms with Gasteiger partial charge < -0.3 is 5.32 Å². The monoisotopic (exact) mass is 248 g/mol. The predicted molar refractivity (Wildman–Crippen MR) is 53.4 cm³/mol. The number of rotatable bonds is 3. The van der Waals surface area contributed by atoms with Gasteiger partial charge in [-0.25, -0.2) is 4.99 Å². The maximum absolute atomic E-state index is 3.82. The maximum Gasteiger partial charge on any atom is 0.0922 e. The highest BCUT2D eigenvalue weighted by molar-refractivity contribution is 14.1. The number of hydrogen-bond donors (Lipinski definition) is 1. The zero-order valence-electron chi connectivity index (χ0n) is 5.76. The van der Waals surface area contributed by atoms with Crippen molar-refractivity contribution in [2.75, 3.05) is 7.05 Å². The van der Waals surface area contributed by atoms with Crippen molar-refractivity contribution in [3.63, 3.8) is 0 Å². The van der Waals surface area contributed by atoms with Gasteiger partial charge in [0.1, 0.15) is 0 Å². The van der Waals surface area contributed by atoms with Gasteiger partial charge in [-0.1, -0.05) is 12.7 Å². The highest BCUT2D eigenvalue weighted by atomic mass is 127. The van der Waals surface area contributed by atoms with Crippen molar-refractivity contribution >= 4 is 28.5 Å².